The molecule has 2 aliphatic rings. The van der Waals surface area contributed by atoms with Crippen LogP contribution in [0.1, 0.15) is 44.9 Å². The predicted molar refractivity (Wildman–Crippen MR) is 65.1 cm³/mol. The van der Waals surface area contributed by atoms with Crippen LogP contribution >= 0.6 is 0 Å². The van der Waals surface area contributed by atoms with Gasteiger partial charge in [0.15, 0.2) is 0 Å². The van der Waals surface area contributed by atoms with Crippen LogP contribution in [-0.4, -0.2) is 37.6 Å². The second-order valence-electron chi connectivity index (χ2n) is 5.42. The van der Waals surface area contributed by atoms with Crippen molar-refractivity contribution in [2.45, 2.75) is 51.0 Å². The summed E-state index contributed by atoms with van der Waals surface area (Å²) in [6.45, 7) is 3.75. The summed E-state index contributed by atoms with van der Waals surface area (Å²) >= 11 is 0. The SMILES string of the molecule is CN1CCCCC1CNCCCC1CC1. The lowest BCUT2D eigenvalue weighted by molar-refractivity contribution is 0.181. The van der Waals surface area contributed by atoms with Crippen molar-refractivity contribution in [2.75, 3.05) is 26.7 Å². The lowest BCUT2D eigenvalue weighted by atomic mass is 10.0. The number of likely N-dealkylation sites (N-methyl/N-ethyl adjacent to an activating group) is 1. The summed E-state index contributed by atoms with van der Waals surface area (Å²) in [4.78, 5) is 2.53. The Labute approximate surface area is 94.4 Å². The van der Waals surface area contributed by atoms with E-state index in [4.69, 9.17) is 0 Å². The normalized spacial score (nSPS) is 28.2. The summed E-state index contributed by atoms with van der Waals surface area (Å²) in [6.07, 6.45) is 10.1. The molecule has 0 aromatic carbocycles. The molecule has 1 aliphatic carbocycles. The number of hydrogen-bond donors (Lipinski definition) is 1. The summed E-state index contributed by atoms with van der Waals surface area (Å²) in [5.41, 5.74) is 0. The van der Waals surface area contributed by atoms with Crippen molar-refractivity contribution in [1.29, 1.82) is 0 Å². The highest BCUT2D eigenvalue weighted by atomic mass is 15.2. The first-order chi connectivity index (χ1) is 7.36. The van der Waals surface area contributed by atoms with Crippen molar-refractivity contribution in [3.05, 3.63) is 0 Å². The average Bonchev–Trinajstić information content (AvgIpc) is 3.04. The first-order valence-corrected chi connectivity index (χ1v) is 6.77. The third-order valence-electron chi connectivity index (χ3n) is 3.96. The molecule has 2 heteroatoms. The van der Waals surface area contributed by atoms with Crippen LogP contribution in [0, 0.1) is 5.92 Å². The number of hydrogen-bond acceptors (Lipinski definition) is 2. The molecule has 1 heterocycles. The number of rotatable bonds is 6. The molecule has 0 spiro atoms. The van der Waals surface area contributed by atoms with Gasteiger partial charge in [0.25, 0.3) is 0 Å². The number of nitrogens with zero attached hydrogens (tertiary/aromatic N) is 1. The zero-order valence-corrected chi connectivity index (χ0v) is 10.2. The fourth-order valence-corrected chi connectivity index (χ4v) is 2.59. The zero-order valence-electron chi connectivity index (χ0n) is 10.2. The van der Waals surface area contributed by atoms with Gasteiger partial charge < -0.3 is 10.2 Å². The molecule has 15 heavy (non-hydrogen) atoms. The molecule has 1 saturated heterocycles. The van der Waals surface area contributed by atoms with E-state index in [2.05, 4.69) is 17.3 Å². The van der Waals surface area contributed by atoms with E-state index < -0.39 is 0 Å². The summed E-state index contributed by atoms with van der Waals surface area (Å²) in [7, 11) is 2.27. The van der Waals surface area contributed by atoms with E-state index in [1.165, 1.54) is 64.6 Å². The van der Waals surface area contributed by atoms with Gasteiger partial charge in [-0.15, -0.1) is 0 Å². The molecule has 0 aromatic heterocycles. The van der Waals surface area contributed by atoms with Crippen molar-refractivity contribution >= 4 is 0 Å². The van der Waals surface area contributed by atoms with Gasteiger partial charge in [0.2, 0.25) is 0 Å². The van der Waals surface area contributed by atoms with Gasteiger partial charge in [-0.05, 0) is 51.7 Å². The molecule has 88 valence electrons. The van der Waals surface area contributed by atoms with Gasteiger partial charge in [-0.2, -0.15) is 0 Å². The highest BCUT2D eigenvalue weighted by Gasteiger charge is 2.20. The van der Waals surface area contributed by atoms with Crippen molar-refractivity contribution in [3.63, 3.8) is 0 Å². The van der Waals surface area contributed by atoms with Crippen LogP contribution < -0.4 is 5.32 Å². The number of piperidine rings is 1. The van der Waals surface area contributed by atoms with Crippen LogP contribution in [-0.2, 0) is 0 Å². The largest absolute Gasteiger partial charge is 0.315 e. The third-order valence-corrected chi connectivity index (χ3v) is 3.96. The van der Waals surface area contributed by atoms with Crippen molar-refractivity contribution < 1.29 is 0 Å². The molecule has 0 amide bonds. The Morgan fingerprint density at radius 2 is 2.07 bits per heavy atom. The van der Waals surface area contributed by atoms with Crippen molar-refractivity contribution in [2.24, 2.45) is 5.92 Å². The summed E-state index contributed by atoms with van der Waals surface area (Å²) in [5, 5.41) is 3.63. The van der Waals surface area contributed by atoms with Gasteiger partial charge in [0.1, 0.15) is 0 Å². The lowest BCUT2D eigenvalue weighted by Gasteiger charge is -2.32. The van der Waals surface area contributed by atoms with Crippen LogP contribution in [0.4, 0.5) is 0 Å². The summed E-state index contributed by atoms with van der Waals surface area (Å²) in [5.74, 6) is 1.10. The number of nitrogens with one attached hydrogen (secondary N) is 1. The molecule has 2 fully saturated rings. The first kappa shape index (κ1) is 11.4. The van der Waals surface area contributed by atoms with Crippen LogP contribution in [0.25, 0.3) is 0 Å². The second-order valence-corrected chi connectivity index (χ2v) is 5.42. The highest BCUT2D eigenvalue weighted by molar-refractivity contribution is 4.77. The fourth-order valence-electron chi connectivity index (χ4n) is 2.59. The zero-order chi connectivity index (χ0) is 10.5. The fraction of sp³-hybridized carbons (Fsp3) is 1.00. The average molecular weight is 210 g/mol. The van der Waals surface area contributed by atoms with Crippen molar-refractivity contribution in [3.8, 4) is 0 Å². The lowest BCUT2D eigenvalue weighted by Crippen LogP contribution is -2.43. The molecule has 0 radical (unpaired) electrons. The van der Waals surface area contributed by atoms with Crippen LogP contribution in [0.15, 0.2) is 0 Å². The van der Waals surface area contributed by atoms with Gasteiger partial charge in [0.05, 0.1) is 0 Å². The standard InChI is InChI=1S/C13H26N2/c1-15-10-3-2-6-13(15)11-14-9-4-5-12-7-8-12/h12-14H,2-11H2,1H3. The molecule has 1 N–H and O–H groups in total. The topological polar surface area (TPSA) is 15.3 Å². The molecule has 2 nitrogen and oxygen atoms in total. The van der Waals surface area contributed by atoms with Crippen LogP contribution in [0.3, 0.4) is 0 Å². The maximum absolute atomic E-state index is 3.63. The van der Waals surface area contributed by atoms with E-state index in [0.29, 0.717) is 0 Å². The second kappa shape index (κ2) is 5.86. The first-order valence-electron chi connectivity index (χ1n) is 6.77. The van der Waals surface area contributed by atoms with E-state index in [0.717, 1.165) is 12.0 Å². The molecular weight excluding hydrogens is 184 g/mol. The highest BCUT2D eigenvalue weighted by Crippen LogP contribution is 2.33. The molecule has 1 saturated carbocycles. The quantitative estimate of drug-likeness (QED) is 0.676. The van der Waals surface area contributed by atoms with Crippen LogP contribution in [0.2, 0.25) is 0 Å². The molecule has 1 aliphatic heterocycles. The van der Waals surface area contributed by atoms with E-state index in [1.54, 1.807) is 0 Å². The van der Waals surface area contributed by atoms with E-state index in [9.17, 15) is 0 Å². The summed E-state index contributed by atoms with van der Waals surface area (Å²) < 4.78 is 0. The third kappa shape index (κ3) is 4.12. The molecule has 1 unspecified atom stereocenters. The predicted octanol–water partition coefficient (Wildman–Crippen LogP) is 2.25. The molecule has 2 rings (SSSR count). The van der Waals surface area contributed by atoms with Gasteiger partial charge in [-0.3, -0.25) is 0 Å². The van der Waals surface area contributed by atoms with Gasteiger partial charge >= 0.3 is 0 Å². The molecule has 0 aromatic rings. The van der Waals surface area contributed by atoms with E-state index in [-0.39, 0.29) is 0 Å². The van der Waals surface area contributed by atoms with E-state index in [1.807, 2.05) is 0 Å². The monoisotopic (exact) mass is 210 g/mol. The summed E-state index contributed by atoms with van der Waals surface area (Å²) in [6, 6.07) is 0.805. The smallest absolute Gasteiger partial charge is 0.0217 e. The van der Waals surface area contributed by atoms with E-state index >= 15 is 0 Å². The van der Waals surface area contributed by atoms with Crippen molar-refractivity contribution in [1.82, 2.24) is 10.2 Å². The number of likely N-dealkylation sites (tertiary alicyclic amines) is 1. The van der Waals surface area contributed by atoms with Gasteiger partial charge in [0, 0.05) is 12.6 Å². The van der Waals surface area contributed by atoms with Gasteiger partial charge in [-0.25, -0.2) is 0 Å². The Morgan fingerprint density at radius 3 is 2.80 bits per heavy atom. The molecular formula is C13H26N2. The molecule has 0 bridgehead atoms. The Balaban J connectivity index is 1.48. The minimum atomic E-state index is 0.805. The minimum absolute atomic E-state index is 0.805. The maximum atomic E-state index is 3.63. The Kier molecular flexibility index (Phi) is 4.45. The Hall–Kier alpha value is -0.0800. The van der Waals surface area contributed by atoms with Gasteiger partial charge in [-0.1, -0.05) is 19.3 Å². The molecule has 1 atom stereocenters. The Bertz CT molecular complexity index is 177. The maximum Gasteiger partial charge on any atom is 0.0217 e. The van der Waals surface area contributed by atoms with Crippen LogP contribution in [0.5, 0.6) is 0 Å². The Morgan fingerprint density at radius 1 is 1.20 bits per heavy atom. The minimum Gasteiger partial charge on any atom is -0.315 e.